The molecule has 1 atom stereocenters. The molecule has 0 aliphatic carbocycles. The van der Waals surface area contributed by atoms with Gasteiger partial charge in [-0.05, 0) is 25.5 Å². The van der Waals surface area contributed by atoms with Crippen molar-refractivity contribution in [1.82, 2.24) is 9.97 Å². The Morgan fingerprint density at radius 3 is 2.84 bits per heavy atom. The largest absolute Gasteiger partial charge is 0.482 e. The Morgan fingerprint density at radius 2 is 2.16 bits per heavy atom. The molecule has 2 aromatic rings. The van der Waals surface area contributed by atoms with Gasteiger partial charge < -0.3 is 4.74 Å². The summed E-state index contributed by atoms with van der Waals surface area (Å²) in [5.74, 6) is 1.52. The molecule has 19 heavy (non-hydrogen) atoms. The number of hydrogen-bond donors (Lipinski definition) is 0. The minimum atomic E-state index is -0.155. The molecule has 2 heterocycles. The molecule has 1 unspecified atom stereocenters. The summed E-state index contributed by atoms with van der Waals surface area (Å²) in [5.41, 5.74) is 2.45. The minimum Gasteiger partial charge on any atom is -0.482 e. The fourth-order valence-corrected chi connectivity index (χ4v) is 2.31. The first kappa shape index (κ1) is 11.8. The van der Waals surface area contributed by atoms with Crippen LogP contribution in [0.25, 0.3) is 0 Å². The summed E-state index contributed by atoms with van der Waals surface area (Å²) in [6.07, 6.45) is 2.21. The number of ketones is 1. The first-order valence-corrected chi connectivity index (χ1v) is 6.24. The predicted molar refractivity (Wildman–Crippen MR) is 70.3 cm³/mol. The highest BCUT2D eigenvalue weighted by atomic mass is 16.5. The standard InChI is InChI=1S/C15H14N2O2/c1-9-12(10(2)18)8-16-15(17-9)14-7-11-5-3-4-6-13(11)19-14/h3-6,8,14H,7H2,1-2H3. The zero-order valence-corrected chi connectivity index (χ0v) is 10.9. The minimum absolute atomic E-state index is 0.0142. The van der Waals surface area contributed by atoms with Gasteiger partial charge >= 0.3 is 0 Å². The van der Waals surface area contributed by atoms with Crippen molar-refractivity contribution in [1.29, 1.82) is 0 Å². The predicted octanol–water partition coefficient (Wildman–Crippen LogP) is 2.66. The molecular weight excluding hydrogens is 240 g/mol. The van der Waals surface area contributed by atoms with E-state index in [2.05, 4.69) is 9.97 Å². The summed E-state index contributed by atoms with van der Waals surface area (Å²) in [7, 11) is 0. The summed E-state index contributed by atoms with van der Waals surface area (Å²) < 4.78 is 5.84. The normalized spacial score (nSPS) is 16.8. The number of ether oxygens (including phenoxy) is 1. The van der Waals surface area contributed by atoms with E-state index in [1.165, 1.54) is 12.5 Å². The number of aryl methyl sites for hydroxylation is 1. The van der Waals surface area contributed by atoms with Gasteiger partial charge in [-0.3, -0.25) is 4.79 Å². The van der Waals surface area contributed by atoms with Crippen LogP contribution in [0.2, 0.25) is 0 Å². The lowest BCUT2D eigenvalue weighted by Gasteiger charge is -2.10. The topological polar surface area (TPSA) is 52.1 Å². The van der Waals surface area contributed by atoms with Gasteiger partial charge in [0.05, 0.1) is 11.3 Å². The molecule has 1 aromatic heterocycles. The summed E-state index contributed by atoms with van der Waals surface area (Å²) >= 11 is 0. The van der Waals surface area contributed by atoms with Crippen molar-refractivity contribution in [2.24, 2.45) is 0 Å². The number of para-hydroxylation sites is 1. The quantitative estimate of drug-likeness (QED) is 0.773. The van der Waals surface area contributed by atoms with E-state index in [9.17, 15) is 4.79 Å². The molecule has 4 nitrogen and oxygen atoms in total. The van der Waals surface area contributed by atoms with Crippen LogP contribution < -0.4 is 4.74 Å². The molecule has 0 saturated heterocycles. The number of Topliss-reactive ketones (excluding diaryl/α,β-unsaturated/α-hetero) is 1. The van der Waals surface area contributed by atoms with Crippen molar-refractivity contribution >= 4 is 5.78 Å². The molecule has 0 spiro atoms. The highest BCUT2D eigenvalue weighted by molar-refractivity contribution is 5.94. The number of carbonyl (C=O) groups is 1. The van der Waals surface area contributed by atoms with E-state index in [4.69, 9.17) is 4.74 Å². The van der Waals surface area contributed by atoms with Gasteiger partial charge in [-0.25, -0.2) is 9.97 Å². The fraction of sp³-hybridized carbons (Fsp3) is 0.267. The molecular formula is C15H14N2O2. The monoisotopic (exact) mass is 254 g/mol. The highest BCUT2D eigenvalue weighted by Crippen LogP contribution is 2.35. The van der Waals surface area contributed by atoms with E-state index >= 15 is 0 Å². The van der Waals surface area contributed by atoms with Gasteiger partial charge in [0.1, 0.15) is 5.75 Å². The maximum absolute atomic E-state index is 11.4. The zero-order chi connectivity index (χ0) is 13.4. The van der Waals surface area contributed by atoms with Crippen molar-refractivity contribution in [3.8, 4) is 5.75 Å². The second-order valence-electron chi connectivity index (χ2n) is 4.70. The third kappa shape index (κ3) is 2.10. The molecule has 0 saturated carbocycles. The maximum atomic E-state index is 11.4. The second-order valence-corrected chi connectivity index (χ2v) is 4.70. The maximum Gasteiger partial charge on any atom is 0.169 e. The molecule has 0 fully saturated rings. The van der Waals surface area contributed by atoms with Crippen LogP contribution in [0.1, 0.15) is 40.5 Å². The van der Waals surface area contributed by atoms with Gasteiger partial charge in [0.25, 0.3) is 0 Å². The van der Waals surface area contributed by atoms with E-state index < -0.39 is 0 Å². The van der Waals surface area contributed by atoms with Crippen LogP contribution in [0.15, 0.2) is 30.5 Å². The SMILES string of the molecule is CC(=O)c1cnc(C2Cc3ccccc3O2)nc1C. The number of fused-ring (bicyclic) bond motifs is 1. The van der Waals surface area contributed by atoms with Gasteiger partial charge in [-0.2, -0.15) is 0 Å². The third-order valence-electron chi connectivity index (χ3n) is 3.31. The number of nitrogens with zero attached hydrogens (tertiary/aromatic N) is 2. The Morgan fingerprint density at radius 1 is 1.37 bits per heavy atom. The summed E-state index contributed by atoms with van der Waals surface area (Å²) in [6, 6.07) is 7.94. The van der Waals surface area contributed by atoms with Crippen LogP contribution in [0.3, 0.4) is 0 Å². The van der Waals surface area contributed by atoms with Crippen LogP contribution in [0, 0.1) is 6.92 Å². The fourth-order valence-electron chi connectivity index (χ4n) is 2.31. The second kappa shape index (κ2) is 4.46. The van der Waals surface area contributed by atoms with Crippen molar-refractivity contribution in [2.75, 3.05) is 0 Å². The molecule has 4 heteroatoms. The van der Waals surface area contributed by atoms with Crippen LogP contribution in [0.4, 0.5) is 0 Å². The Kier molecular flexibility index (Phi) is 2.78. The molecule has 96 valence electrons. The Balaban J connectivity index is 1.90. The number of benzene rings is 1. The van der Waals surface area contributed by atoms with Crippen molar-refractivity contribution in [3.05, 3.63) is 53.1 Å². The van der Waals surface area contributed by atoms with Crippen LogP contribution in [-0.4, -0.2) is 15.8 Å². The molecule has 1 aliphatic rings. The number of aromatic nitrogens is 2. The first-order valence-electron chi connectivity index (χ1n) is 6.24. The lowest BCUT2D eigenvalue weighted by Crippen LogP contribution is -2.11. The first-order chi connectivity index (χ1) is 9.15. The van der Waals surface area contributed by atoms with Gasteiger partial charge in [0.15, 0.2) is 17.7 Å². The smallest absolute Gasteiger partial charge is 0.169 e. The molecule has 3 rings (SSSR count). The summed E-state index contributed by atoms with van der Waals surface area (Å²) in [5, 5.41) is 0. The average Bonchev–Trinajstić information content (AvgIpc) is 2.81. The van der Waals surface area contributed by atoms with E-state index in [1.54, 1.807) is 6.20 Å². The van der Waals surface area contributed by atoms with E-state index in [-0.39, 0.29) is 11.9 Å². The number of hydrogen-bond acceptors (Lipinski definition) is 4. The Hall–Kier alpha value is -2.23. The molecule has 1 aromatic carbocycles. The molecule has 0 radical (unpaired) electrons. The van der Waals surface area contributed by atoms with E-state index in [0.29, 0.717) is 17.1 Å². The lowest BCUT2D eigenvalue weighted by molar-refractivity contribution is 0.101. The Bertz CT molecular complexity index is 627. The van der Waals surface area contributed by atoms with Gasteiger partial charge in [-0.15, -0.1) is 0 Å². The number of carbonyl (C=O) groups excluding carboxylic acids is 1. The third-order valence-corrected chi connectivity index (χ3v) is 3.31. The molecule has 0 amide bonds. The Labute approximate surface area is 111 Å². The summed E-state index contributed by atoms with van der Waals surface area (Å²) in [6.45, 7) is 3.34. The van der Waals surface area contributed by atoms with Crippen LogP contribution >= 0.6 is 0 Å². The van der Waals surface area contributed by atoms with Crippen molar-refractivity contribution < 1.29 is 9.53 Å². The van der Waals surface area contributed by atoms with Crippen LogP contribution in [-0.2, 0) is 6.42 Å². The lowest BCUT2D eigenvalue weighted by atomic mass is 10.1. The summed E-state index contributed by atoms with van der Waals surface area (Å²) in [4.78, 5) is 20.0. The van der Waals surface area contributed by atoms with Gasteiger partial charge in [0, 0.05) is 12.6 Å². The van der Waals surface area contributed by atoms with E-state index in [1.807, 2.05) is 31.2 Å². The molecule has 0 N–H and O–H groups in total. The van der Waals surface area contributed by atoms with Crippen molar-refractivity contribution in [2.45, 2.75) is 26.4 Å². The van der Waals surface area contributed by atoms with Crippen molar-refractivity contribution in [3.63, 3.8) is 0 Å². The molecule has 1 aliphatic heterocycles. The highest BCUT2D eigenvalue weighted by Gasteiger charge is 2.26. The number of rotatable bonds is 2. The van der Waals surface area contributed by atoms with Crippen LogP contribution in [0.5, 0.6) is 5.75 Å². The molecule has 0 bridgehead atoms. The zero-order valence-electron chi connectivity index (χ0n) is 10.9. The average molecular weight is 254 g/mol. The van der Waals surface area contributed by atoms with Gasteiger partial charge in [-0.1, -0.05) is 18.2 Å². The van der Waals surface area contributed by atoms with Gasteiger partial charge in [0.2, 0.25) is 0 Å². The van der Waals surface area contributed by atoms with E-state index in [0.717, 1.165) is 12.2 Å².